The number of hydrogen-bond acceptors (Lipinski definition) is 3. The summed E-state index contributed by atoms with van der Waals surface area (Å²) in [6.07, 6.45) is -5.14. The summed E-state index contributed by atoms with van der Waals surface area (Å²) in [6, 6.07) is 0. The number of hydrogen-bond donors (Lipinski definition) is 2. The summed E-state index contributed by atoms with van der Waals surface area (Å²) in [7, 11) is 0. The molecule has 3 nitrogen and oxygen atoms in total. The van der Waals surface area contributed by atoms with Crippen molar-refractivity contribution in [3.8, 4) is 0 Å². The van der Waals surface area contributed by atoms with E-state index in [9.17, 15) is 13.2 Å². The zero-order valence-corrected chi connectivity index (χ0v) is 9.54. The summed E-state index contributed by atoms with van der Waals surface area (Å²) >= 11 is 9.32. The Balaban J connectivity index is 0. The van der Waals surface area contributed by atoms with E-state index in [4.69, 9.17) is 10.00 Å². The van der Waals surface area contributed by atoms with Gasteiger partial charge in [-0.05, 0) is 29.4 Å². The Labute approximate surface area is 90.2 Å². The highest BCUT2D eigenvalue weighted by molar-refractivity contribution is 7.99. The highest BCUT2D eigenvalue weighted by atomic mass is 35.9. The monoisotopic (exact) mass is 276 g/mol. The van der Waals surface area contributed by atoms with E-state index in [2.05, 4.69) is 27.2 Å². The van der Waals surface area contributed by atoms with Crippen molar-refractivity contribution in [2.45, 2.75) is 19.2 Å². The summed E-state index contributed by atoms with van der Waals surface area (Å²) in [5, 5.41) is 8.46. The van der Waals surface area contributed by atoms with Crippen LogP contribution in [0.5, 0.6) is 0 Å². The van der Waals surface area contributed by atoms with Gasteiger partial charge in [-0.25, -0.2) is 0 Å². The molecule has 0 aromatic rings. The van der Waals surface area contributed by atoms with Gasteiger partial charge in [0.2, 0.25) is 6.85 Å². The Morgan fingerprint density at radius 3 is 2.00 bits per heavy atom. The van der Waals surface area contributed by atoms with Crippen molar-refractivity contribution in [1.82, 2.24) is 0 Å². The van der Waals surface area contributed by atoms with Crippen molar-refractivity contribution in [2.75, 3.05) is 13.2 Å². The fourth-order valence-corrected chi connectivity index (χ4v) is 0.345. The standard InChI is InChI=1S/C5H9F3O2.Cl2HOP/c1-4(9)2-10-3-5(6,7)8;1-4(2)3/h4,9H,2-3H2,1H3;3H. The smallest absolute Gasteiger partial charge is 0.391 e. The molecule has 0 fully saturated rings. The maximum Gasteiger partial charge on any atom is 0.411 e. The molecule has 0 saturated carbocycles. The molecule has 0 heterocycles. The molecule has 0 aliphatic carbocycles. The number of aliphatic hydroxyl groups excluding tert-OH is 1. The van der Waals surface area contributed by atoms with Gasteiger partial charge in [-0.15, -0.1) is 0 Å². The van der Waals surface area contributed by atoms with Crippen LogP contribution in [0.3, 0.4) is 0 Å². The van der Waals surface area contributed by atoms with Gasteiger partial charge in [0, 0.05) is 0 Å². The van der Waals surface area contributed by atoms with E-state index >= 15 is 0 Å². The molecule has 14 heavy (non-hydrogen) atoms. The lowest BCUT2D eigenvalue weighted by Gasteiger charge is -2.08. The zero-order chi connectivity index (χ0) is 11.8. The van der Waals surface area contributed by atoms with Gasteiger partial charge in [-0.1, -0.05) is 0 Å². The molecule has 88 valence electrons. The lowest BCUT2D eigenvalue weighted by Crippen LogP contribution is -2.21. The maximum atomic E-state index is 11.3. The van der Waals surface area contributed by atoms with E-state index in [0.29, 0.717) is 0 Å². The first-order valence-corrected chi connectivity index (χ1v) is 6.38. The maximum absolute atomic E-state index is 11.3. The molecular formula is C5H10Cl2F3O3P. The van der Waals surface area contributed by atoms with Gasteiger partial charge >= 0.3 is 6.18 Å². The minimum Gasteiger partial charge on any atom is -0.391 e. The first-order valence-electron chi connectivity index (χ1n) is 3.28. The molecule has 0 bridgehead atoms. The third kappa shape index (κ3) is 29.3. The average Bonchev–Trinajstić information content (AvgIpc) is 1.80. The Morgan fingerprint density at radius 1 is 1.43 bits per heavy atom. The summed E-state index contributed by atoms with van der Waals surface area (Å²) in [4.78, 5) is 7.65. The Kier molecular flexibility index (Phi) is 10.9. The van der Waals surface area contributed by atoms with Gasteiger partial charge < -0.3 is 14.7 Å². The van der Waals surface area contributed by atoms with Crippen molar-refractivity contribution < 1.29 is 27.9 Å². The van der Waals surface area contributed by atoms with Crippen molar-refractivity contribution >= 4 is 29.3 Å². The largest absolute Gasteiger partial charge is 0.411 e. The van der Waals surface area contributed by atoms with Crippen LogP contribution in [0.25, 0.3) is 0 Å². The molecule has 0 aliphatic rings. The number of rotatable bonds is 3. The van der Waals surface area contributed by atoms with Gasteiger partial charge in [-0.2, -0.15) is 13.2 Å². The van der Waals surface area contributed by atoms with Crippen molar-refractivity contribution in [3.05, 3.63) is 0 Å². The molecule has 9 heteroatoms. The Morgan fingerprint density at radius 2 is 1.79 bits per heavy atom. The molecular weight excluding hydrogens is 267 g/mol. The van der Waals surface area contributed by atoms with E-state index in [0.717, 1.165) is 0 Å². The first kappa shape index (κ1) is 17.1. The third-order valence-electron chi connectivity index (χ3n) is 0.625. The van der Waals surface area contributed by atoms with Crippen molar-refractivity contribution in [3.63, 3.8) is 0 Å². The van der Waals surface area contributed by atoms with Crippen LogP contribution < -0.4 is 0 Å². The molecule has 0 aromatic heterocycles. The van der Waals surface area contributed by atoms with Crippen molar-refractivity contribution in [2.24, 2.45) is 0 Å². The molecule has 1 atom stereocenters. The topological polar surface area (TPSA) is 49.7 Å². The van der Waals surface area contributed by atoms with Gasteiger partial charge in [0.15, 0.2) is 0 Å². The summed E-state index contributed by atoms with van der Waals surface area (Å²) in [5.74, 6) is 0. The van der Waals surface area contributed by atoms with Crippen LogP contribution in [-0.2, 0) is 4.74 Å². The third-order valence-corrected chi connectivity index (χ3v) is 0.625. The van der Waals surface area contributed by atoms with Crippen LogP contribution in [0.2, 0.25) is 0 Å². The fraction of sp³-hybridized carbons (Fsp3) is 1.00. The molecule has 1 unspecified atom stereocenters. The quantitative estimate of drug-likeness (QED) is 0.779. The van der Waals surface area contributed by atoms with Crippen LogP contribution >= 0.6 is 29.3 Å². The Hall–Kier alpha value is 0.680. The van der Waals surface area contributed by atoms with E-state index in [1.54, 1.807) is 0 Å². The zero-order valence-electron chi connectivity index (χ0n) is 7.13. The second-order valence-corrected chi connectivity index (χ2v) is 5.06. The van der Waals surface area contributed by atoms with Gasteiger partial charge in [0.1, 0.15) is 6.61 Å². The minimum absolute atomic E-state index is 0.278. The molecule has 0 rings (SSSR count). The molecule has 0 amide bonds. The molecule has 0 spiro atoms. The fourth-order valence-electron chi connectivity index (χ4n) is 0.345. The first-order chi connectivity index (χ1) is 6.15. The molecule has 2 N–H and O–H groups in total. The van der Waals surface area contributed by atoms with Gasteiger partial charge in [-0.3, -0.25) is 0 Å². The molecule has 0 saturated heterocycles. The predicted molar refractivity (Wildman–Crippen MR) is 49.4 cm³/mol. The van der Waals surface area contributed by atoms with Crippen LogP contribution in [-0.4, -0.2) is 35.5 Å². The number of halogens is 5. The van der Waals surface area contributed by atoms with E-state index < -0.39 is 25.7 Å². The van der Waals surface area contributed by atoms with Gasteiger partial charge in [0.25, 0.3) is 0 Å². The number of aliphatic hydroxyl groups is 1. The van der Waals surface area contributed by atoms with Crippen LogP contribution in [0.15, 0.2) is 0 Å². The van der Waals surface area contributed by atoms with Crippen LogP contribution in [0.1, 0.15) is 6.92 Å². The molecule has 0 aliphatic heterocycles. The van der Waals surface area contributed by atoms with Crippen LogP contribution in [0, 0.1) is 0 Å². The van der Waals surface area contributed by atoms with Crippen molar-refractivity contribution in [1.29, 1.82) is 0 Å². The van der Waals surface area contributed by atoms with E-state index in [-0.39, 0.29) is 6.61 Å². The van der Waals surface area contributed by atoms with E-state index in [1.165, 1.54) is 6.92 Å². The lowest BCUT2D eigenvalue weighted by atomic mass is 10.4. The van der Waals surface area contributed by atoms with E-state index in [1.807, 2.05) is 0 Å². The number of alkyl halides is 3. The molecule has 0 radical (unpaired) electrons. The SMILES string of the molecule is CC(O)COCC(F)(F)F.OP(Cl)Cl. The highest BCUT2D eigenvalue weighted by Gasteiger charge is 2.27. The summed E-state index contributed by atoms with van der Waals surface area (Å²) in [6.45, 7) is -1.89. The normalized spacial score (nSPS) is 13.5. The minimum atomic E-state index is -4.30. The Bertz CT molecular complexity index is 131. The number of ether oxygens (including phenoxy) is 1. The van der Waals surface area contributed by atoms with Gasteiger partial charge in [0.05, 0.1) is 12.7 Å². The predicted octanol–water partition coefficient (Wildman–Crippen LogP) is 2.63. The highest BCUT2D eigenvalue weighted by Crippen LogP contribution is 2.40. The summed E-state index contributed by atoms with van der Waals surface area (Å²) < 4.78 is 38.0. The summed E-state index contributed by atoms with van der Waals surface area (Å²) in [5.41, 5.74) is 0. The second kappa shape index (κ2) is 8.95. The lowest BCUT2D eigenvalue weighted by molar-refractivity contribution is -0.178. The van der Waals surface area contributed by atoms with Crippen LogP contribution in [0.4, 0.5) is 13.2 Å². The second-order valence-electron chi connectivity index (χ2n) is 2.19. The molecule has 0 aromatic carbocycles. The average molecular weight is 277 g/mol.